The first-order valence-electron chi connectivity index (χ1n) is 15.7. The topological polar surface area (TPSA) is 54.2 Å². The van der Waals surface area contributed by atoms with Gasteiger partial charge in [-0.25, -0.2) is 9.97 Å². The van der Waals surface area contributed by atoms with E-state index in [1.165, 1.54) is 16.7 Å². The number of phenols is 1. The lowest BCUT2D eigenvalue weighted by atomic mass is 9.96. The minimum Gasteiger partial charge on any atom is -0.506 e. The number of benzene rings is 5. The number of hydrogen-bond donors (Lipinski definition) is 1. The lowest BCUT2D eigenvalue weighted by Gasteiger charge is -2.25. The van der Waals surface area contributed by atoms with Crippen molar-refractivity contribution in [2.24, 2.45) is 0 Å². The van der Waals surface area contributed by atoms with Crippen molar-refractivity contribution in [2.45, 2.75) is 13.8 Å². The summed E-state index contributed by atoms with van der Waals surface area (Å²) in [5.74, 6) is 1.04. The molecule has 8 rings (SSSR count). The van der Waals surface area contributed by atoms with Crippen molar-refractivity contribution in [2.75, 3.05) is 4.90 Å². The molecular formula is C42H32N4O. The standard InChI is InChI=1S/C42H32N4O/c1-28-12-10-13-29(2)41(28)31-24-25-43-40(27-31)45(32-15-4-3-5-16-32)33-17-11-14-30(26-33)36-23-22-35-34-18-6-7-19-37(34)46(42(35)44-36)38-20-8-9-21-39(38)47/h3-27,47H,1-2H3. The Labute approximate surface area is 273 Å². The van der Waals surface area contributed by atoms with E-state index in [1.807, 2.05) is 47.2 Å². The molecule has 0 aliphatic heterocycles. The number of para-hydroxylation sites is 4. The summed E-state index contributed by atoms with van der Waals surface area (Å²) in [6, 6.07) is 49.3. The number of phenolic OH excluding ortho intramolecular Hbond substituents is 1. The van der Waals surface area contributed by atoms with Crippen LogP contribution >= 0.6 is 0 Å². The Morgan fingerprint density at radius 3 is 2.15 bits per heavy atom. The number of hydrogen-bond acceptors (Lipinski definition) is 4. The van der Waals surface area contributed by atoms with Gasteiger partial charge in [0.15, 0.2) is 0 Å². The van der Waals surface area contributed by atoms with Crippen LogP contribution in [0.3, 0.4) is 0 Å². The van der Waals surface area contributed by atoms with Crippen LogP contribution in [-0.4, -0.2) is 19.6 Å². The number of pyridine rings is 2. The molecule has 0 radical (unpaired) electrons. The van der Waals surface area contributed by atoms with E-state index in [9.17, 15) is 5.11 Å². The molecule has 226 valence electrons. The zero-order valence-corrected chi connectivity index (χ0v) is 26.2. The van der Waals surface area contributed by atoms with Gasteiger partial charge in [-0.1, -0.05) is 78.9 Å². The number of aryl methyl sites for hydroxylation is 2. The highest BCUT2D eigenvalue weighted by Gasteiger charge is 2.19. The van der Waals surface area contributed by atoms with Crippen molar-refractivity contribution in [1.29, 1.82) is 0 Å². The number of anilines is 3. The van der Waals surface area contributed by atoms with Gasteiger partial charge >= 0.3 is 0 Å². The molecule has 1 N–H and O–H groups in total. The second kappa shape index (κ2) is 11.6. The molecule has 0 spiro atoms. The van der Waals surface area contributed by atoms with Crippen LogP contribution in [0, 0.1) is 13.8 Å². The Hall–Kier alpha value is -6.20. The van der Waals surface area contributed by atoms with E-state index in [-0.39, 0.29) is 5.75 Å². The predicted octanol–water partition coefficient (Wildman–Crippen LogP) is 10.7. The Morgan fingerprint density at radius 1 is 0.596 bits per heavy atom. The van der Waals surface area contributed by atoms with Crippen LogP contribution in [0.15, 0.2) is 152 Å². The second-order valence-electron chi connectivity index (χ2n) is 11.8. The van der Waals surface area contributed by atoms with Gasteiger partial charge < -0.3 is 5.11 Å². The van der Waals surface area contributed by atoms with Gasteiger partial charge in [0.1, 0.15) is 17.2 Å². The van der Waals surface area contributed by atoms with Crippen molar-refractivity contribution in [1.82, 2.24) is 14.5 Å². The molecule has 3 heterocycles. The van der Waals surface area contributed by atoms with Crippen LogP contribution in [0.25, 0.3) is 50.0 Å². The van der Waals surface area contributed by atoms with E-state index in [0.717, 1.165) is 55.9 Å². The lowest BCUT2D eigenvalue weighted by Crippen LogP contribution is -2.11. The van der Waals surface area contributed by atoms with E-state index in [0.29, 0.717) is 5.69 Å². The van der Waals surface area contributed by atoms with E-state index in [1.54, 1.807) is 6.07 Å². The van der Waals surface area contributed by atoms with Gasteiger partial charge in [0, 0.05) is 33.9 Å². The van der Waals surface area contributed by atoms with E-state index >= 15 is 0 Å². The summed E-state index contributed by atoms with van der Waals surface area (Å²) in [5.41, 5.74) is 11.1. The molecule has 0 bridgehead atoms. The fourth-order valence-corrected chi connectivity index (χ4v) is 6.66. The first-order chi connectivity index (χ1) is 23.1. The van der Waals surface area contributed by atoms with Gasteiger partial charge in [0.2, 0.25) is 0 Å². The van der Waals surface area contributed by atoms with Gasteiger partial charge in [-0.05, 0) is 103 Å². The maximum absolute atomic E-state index is 10.9. The molecule has 0 atom stereocenters. The summed E-state index contributed by atoms with van der Waals surface area (Å²) in [6.45, 7) is 4.31. The normalized spacial score (nSPS) is 11.3. The summed E-state index contributed by atoms with van der Waals surface area (Å²) in [5, 5.41) is 13.0. The van der Waals surface area contributed by atoms with Gasteiger partial charge in [-0.3, -0.25) is 9.47 Å². The van der Waals surface area contributed by atoms with Crippen LogP contribution < -0.4 is 4.90 Å². The monoisotopic (exact) mass is 608 g/mol. The summed E-state index contributed by atoms with van der Waals surface area (Å²) >= 11 is 0. The van der Waals surface area contributed by atoms with Crippen LogP contribution in [0.5, 0.6) is 5.75 Å². The summed E-state index contributed by atoms with van der Waals surface area (Å²) in [4.78, 5) is 12.3. The molecule has 0 unspecified atom stereocenters. The molecule has 0 aliphatic rings. The third-order valence-corrected chi connectivity index (χ3v) is 8.80. The van der Waals surface area contributed by atoms with Gasteiger partial charge in [-0.15, -0.1) is 0 Å². The molecular weight excluding hydrogens is 576 g/mol. The molecule has 5 heteroatoms. The van der Waals surface area contributed by atoms with E-state index in [2.05, 4.69) is 122 Å². The average molecular weight is 609 g/mol. The van der Waals surface area contributed by atoms with E-state index < -0.39 is 0 Å². The third kappa shape index (κ3) is 4.99. The van der Waals surface area contributed by atoms with Crippen LogP contribution in [0.2, 0.25) is 0 Å². The maximum atomic E-state index is 10.9. The predicted molar refractivity (Wildman–Crippen MR) is 193 cm³/mol. The number of aromatic hydroxyl groups is 1. The quantitative estimate of drug-likeness (QED) is 0.204. The van der Waals surface area contributed by atoms with Crippen molar-refractivity contribution >= 4 is 39.1 Å². The van der Waals surface area contributed by atoms with Gasteiger partial charge in [-0.2, -0.15) is 0 Å². The van der Waals surface area contributed by atoms with Crippen LogP contribution in [0.1, 0.15) is 11.1 Å². The molecule has 3 aromatic heterocycles. The van der Waals surface area contributed by atoms with Gasteiger partial charge in [0.25, 0.3) is 0 Å². The van der Waals surface area contributed by atoms with Gasteiger partial charge in [0.05, 0.1) is 16.9 Å². The Morgan fingerprint density at radius 2 is 1.32 bits per heavy atom. The molecule has 47 heavy (non-hydrogen) atoms. The van der Waals surface area contributed by atoms with Crippen molar-refractivity contribution in [3.63, 3.8) is 0 Å². The largest absolute Gasteiger partial charge is 0.506 e. The maximum Gasteiger partial charge on any atom is 0.146 e. The lowest BCUT2D eigenvalue weighted by molar-refractivity contribution is 0.473. The Balaban J connectivity index is 1.28. The highest BCUT2D eigenvalue weighted by atomic mass is 16.3. The zero-order chi connectivity index (χ0) is 31.9. The smallest absolute Gasteiger partial charge is 0.146 e. The van der Waals surface area contributed by atoms with Crippen molar-refractivity contribution in [3.8, 4) is 33.8 Å². The fraction of sp³-hybridized carbons (Fsp3) is 0.0476. The summed E-state index contributed by atoms with van der Waals surface area (Å²) in [7, 11) is 0. The molecule has 0 saturated carbocycles. The minimum atomic E-state index is 0.207. The van der Waals surface area contributed by atoms with Crippen LogP contribution in [-0.2, 0) is 0 Å². The molecule has 0 fully saturated rings. The van der Waals surface area contributed by atoms with Crippen molar-refractivity contribution < 1.29 is 5.11 Å². The highest BCUT2D eigenvalue weighted by molar-refractivity contribution is 6.08. The highest BCUT2D eigenvalue weighted by Crippen LogP contribution is 2.39. The number of fused-ring (bicyclic) bond motifs is 3. The summed E-state index contributed by atoms with van der Waals surface area (Å²) in [6.07, 6.45) is 1.89. The molecule has 5 nitrogen and oxygen atoms in total. The SMILES string of the molecule is Cc1cccc(C)c1-c1ccnc(N(c2ccccc2)c2cccc(-c3ccc4c5ccccc5n(-c5ccccc5O)c4n3)c2)c1. The summed E-state index contributed by atoms with van der Waals surface area (Å²) < 4.78 is 2.05. The fourth-order valence-electron chi connectivity index (χ4n) is 6.66. The van der Waals surface area contributed by atoms with Crippen LogP contribution in [0.4, 0.5) is 17.2 Å². The molecule has 0 aliphatic carbocycles. The third-order valence-electron chi connectivity index (χ3n) is 8.80. The Kier molecular flexibility index (Phi) is 6.99. The first-order valence-corrected chi connectivity index (χ1v) is 15.7. The molecule has 5 aromatic carbocycles. The van der Waals surface area contributed by atoms with E-state index in [4.69, 9.17) is 9.97 Å². The first kappa shape index (κ1) is 28.3. The number of rotatable bonds is 6. The molecule has 0 amide bonds. The molecule has 0 saturated heterocycles. The molecule has 8 aromatic rings. The second-order valence-corrected chi connectivity index (χ2v) is 11.8. The minimum absolute atomic E-state index is 0.207. The van der Waals surface area contributed by atoms with Crippen molar-refractivity contribution in [3.05, 3.63) is 163 Å². The number of nitrogens with zero attached hydrogens (tertiary/aromatic N) is 4. The zero-order valence-electron chi connectivity index (χ0n) is 26.2. The Bertz CT molecular complexity index is 2390. The average Bonchev–Trinajstić information content (AvgIpc) is 3.43. The number of aromatic nitrogens is 3.